The van der Waals surface area contributed by atoms with Crippen molar-refractivity contribution in [3.05, 3.63) is 23.8 Å². The van der Waals surface area contributed by atoms with Gasteiger partial charge in [-0.15, -0.1) is 0 Å². The Labute approximate surface area is 156 Å². The Balaban J connectivity index is 1.70. The quantitative estimate of drug-likeness (QED) is 0.837. The van der Waals surface area contributed by atoms with Gasteiger partial charge in [0.15, 0.2) is 11.5 Å². The van der Waals surface area contributed by atoms with Crippen LogP contribution in [0, 0.1) is 5.92 Å². The molecule has 2 aliphatic rings. The molecular weight excluding hydrogens is 363 g/mol. The summed E-state index contributed by atoms with van der Waals surface area (Å²) in [6.07, 6.45) is 0.0403. The number of rotatable bonds is 5. The van der Waals surface area contributed by atoms with E-state index in [1.165, 1.54) is 13.2 Å². The van der Waals surface area contributed by atoms with Crippen molar-refractivity contribution < 1.29 is 32.2 Å². The van der Waals surface area contributed by atoms with Gasteiger partial charge in [0.05, 0.1) is 25.7 Å². The van der Waals surface area contributed by atoms with Crippen molar-refractivity contribution >= 4 is 5.91 Å². The standard InChI is InChI=1S/C19H24F3NO4/c1-25-17-10-12(6-7-16(17)27-13-4-2-3-5-13)18(24)23-15-8-9-26-11-14(15)19(20,21)22/h6-7,10,13-15H,2-5,8-9,11H2,1H3,(H,23,24)/t14-,15+/m0/s1. The van der Waals surface area contributed by atoms with Crippen LogP contribution in [0.5, 0.6) is 11.5 Å². The second kappa shape index (κ2) is 8.37. The molecule has 0 aromatic heterocycles. The summed E-state index contributed by atoms with van der Waals surface area (Å²) in [5.41, 5.74) is 0.234. The van der Waals surface area contributed by atoms with Gasteiger partial charge in [0.25, 0.3) is 5.91 Å². The Morgan fingerprint density at radius 3 is 2.59 bits per heavy atom. The molecule has 1 aliphatic carbocycles. The van der Waals surface area contributed by atoms with Crippen LogP contribution in [0.3, 0.4) is 0 Å². The molecule has 2 fully saturated rings. The van der Waals surface area contributed by atoms with Gasteiger partial charge in [0, 0.05) is 18.2 Å². The summed E-state index contributed by atoms with van der Waals surface area (Å²) in [5, 5.41) is 2.50. The minimum Gasteiger partial charge on any atom is -0.493 e. The average Bonchev–Trinajstić information content (AvgIpc) is 3.14. The number of carbonyl (C=O) groups is 1. The lowest BCUT2D eigenvalue weighted by Crippen LogP contribution is -2.51. The topological polar surface area (TPSA) is 56.8 Å². The molecule has 1 aliphatic heterocycles. The van der Waals surface area contributed by atoms with Gasteiger partial charge in [-0.05, 0) is 50.3 Å². The zero-order valence-corrected chi connectivity index (χ0v) is 15.2. The maximum Gasteiger partial charge on any atom is 0.395 e. The fraction of sp³-hybridized carbons (Fsp3) is 0.632. The number of methoxy groups -OCH3 is 1. The number of alkyl halides is 3. The van der Waals surface area contributed by atoms with Crippen molar-refractivity contribution in [1.29, 1.82) is 0 Å². The van der Waals surface area contributed by atoms with Crippen molar-refractivity contribution in [2.75, 3.05) is 20.3 Å². The minimum absolute atomic E-state index is 0.121. The summed E-state index contributed by atoms with van der Waals surface area (Å²) in [4.78, 5) is 12.5. The third kappa shape index (κ3) is 4.86. The lowest BCUT2D eigenvalue weighted by molar-refractivity contribution is -0.206. The highest BCUT2D eigenvalue weighted by atomic mass is 19.4. The maximum absolute atomic E-state index is 13.1. The molecule has 1 saturated carbocycles. The number of hydrogen-bond donors (Lipinski definition) is 1. The Hall–Kier alpha value is -1.96. The van der Waals surface area contributed by atoms with E-state index in [2.05, 4.69) is 5.32 Å². The number of halogens is 3. The van der Waals surface area contributed by atoms with Crippen molar-refractivity contribution in [3.63, 3.8) is 0 Å². The summed E-state index contributed by atoms with van der Waals surface area (Å²) in [5.74, 6) is -1.34. The molecule has 1 saturated heterocycles. The fourth-order valence-corrected chi connectivity index (χ4v) is 3.58. The Morgan fingerprint density at radius 1 is 1.19 bits per heavy atom. The summed E-state index contributed by atoms with van der Waals surface area (Å²) < 4.78 is 55.6. The van der Waals surface area contributed by atoms with Gasteiger partial charge in [-0.25, -0.2) is 0 Å². The average molecular weight is 387 g/mol. The minimum atomic E-state index is -4.42. The molecule has 8 heteroatoms. The first kappa shape index (κ1) is 19.8. The molecule has 0 radical (unpaired) electrons. The van der Waals surface area contributed by atoms with Crippen molar-refractivity contribution in [3.8, 4) is 11.5 Å². The second-order valence-corrected chi connectivity index (χ2v) is 6.98. The highest BCUT2D eigenvalue weighted by molar-refractivity contribution is 5.95. The van der Waals surface area contributed by atoms with E-state index < -0.39 is 30.7 Å². The Kier molecular flexibility index (Phi) is 6.14. The van der Waals surface area contributed by atoms with Crippen molar-refractivity contribution in [1.82, 2.24) is 5.32 Å². The number of carbonyl (C=O) groups excluding carboxylic acids is 1. The monoisotopic (exact) mass is 387 g/mol. The number of benzene rings is 1. The SMILES string of the molecule is COc1cc(C(=O)N[C@@H]2CCOC[C@@H]2C(F)(F)F)ccc1OC1CCCC1. The van der Waals surface area contributed by atoms with Crippen molar-refractivity contribution in [2.24, 2.45) is 5.92 Å². The highest BCUT2D eigenvalue weighted by Crippen LogP contribution is 2.34. The Morgan fingerprint density at radius 2 is 1.93 bits per heavy atom. The van der Waals surface area contributed by atoms with Crippen LogP contribution in [0.15, 0.2) is 18.2 Å². The maximum atomic E-state index is 13.1. The molecule has 1 heterocycles. The number of amides is 1. The molecule has 1 aromatic carbocycles. The van der Waals surface area contributed by atoms with E-state index in [0.29, 0.717) is 11.5 Å². The number of nitrogens with one attached hydrogen (secondary N) is 1. The van der Waals surface area contributed by atoms with Gasteiger partial charge in [-0.2, -0.15) is 13.2 Å². The first-order valence-electron chi connectivity index (χ1n) is 9.18. The zero-order chi connectivity index (χ0) is 19.4. The predicted octanol–water partition coefficient (Wildman–Crippen LogP) is 3.71. The largest absolute Gasteiger partial charge is 0.493 e. The van der Waals surface area contributed by atoms with Gasteiger partial charge in [-0.3, -0.25) is 4.79 Å². The lowest BCUT2D eigenvalue weighted by Gasteiger charge is -2.33. The molecule has 3 rings (SSSR count). The van der Waals surface area contributed by atoms with Crippen LogP contribution < -0.4 is 14.8 Å². The number of hydrogen-bond acceptors (Lipinski definition) is 4. The van der Waals surface area contributed by atoms with Crippen LogP contribution in [-0.2, 0) is 4.74 Å². The molecular formula is C19H24F3NO4. The van der Waals surface area contributed by atoms with Gasteiger partial charge in [-0.1, -0.05) is 0 Å². The fourth-order valence-electron chi connectivity index (χ4n) is 3.58. The van der Waals surface area contributed by atoms with E-state index in [9.17, 15) is 18.0 Å². The van der Waals surface area contributed by atoms with Gasteiger partial charge in [0.2, 0.25) is 0 Å². The third-order valence-corrected chi connectivity index (χ3v) is 5.11. The predicted molar refractivity (Wildman–Crippen MR) is 92.1 cm³/mol. The van der Waals surface area contributed by atoms with Crippen LogP contribution in [-0.4, -0.2) is 44.6 Å². The molecule has 0 unspecified atom stereocenters. The van der Waals surface area contributed by atoms with Crippen LogP contribution in [0.2, 0.25) is 0 Å². The summed E-state index contributed by atoms with van der Waals surface area (Å²) in [7, 11) is 1.47. The zero-order valence-electron chi connectivity index (χ0n) is 15.2. The van der Waals surface area contributed by atoms with Gasteiger partial charge in [0.1, 0.15) is 0 Å². The van der Waals surface area contributed by atoms with E-state index in [-0.39, 0.29) is 24.7 Å². The van der Waals surface area contributed by atoms with E-state index in [1.807, 2.05) is 0 Å². The van der Waals surface area contributed by atoms with Gasteiger partial charge >= 0.3 is 6.18 Å². The summed E-state index contributed by atoms with van der Waals surface area (Å²) in [6, 6.07) is 3.68. The Bertz CT molecular complexity index is 659. The van der Waals surface area contributed by atoms with Crippen LogP contribution in [0.4, 0.5) is 13.2 Å². The molecule has 0 spiro atoms. The van der Waals surface area contributed by atoms with E-state index >= 15 is 0 Å². The smallest absolute Gasteiger partial charge is 0.395 e. The van der Waals surface area contributed by atoms with E-state index in [4.69, 9.17) is 14.2 Å². The van der Waals surface area contributed by atoms with Crippen molar-refractivity contribution in [2.45, 2.75) is 50.4 Å². The highest BCUT2D eigenvalue weighted by Gasteiger charge is 2.46. The molecule has 2 atom stereocenters. The van der Waals surface area contributed by atoms with Crippen LogP contribution in [0.1, 0.15) is 42.5 Å². The molecule has 5 nitrogen and oxygen atoms in total. The third-order valence-electron chi connectivity index (χ3n) is 5.11. The molecule has 1 aromatic rings. The molecule has 0 bridgehead atoms. The summed E-state index contributed by atoms with van der Waals surface area (Å²) >= 11 is 0. The number of ether oxygens (including phenoxy) is 3. The lowest BCUT2D eigenvalue weighted by atomic mass is 9.94. The van der Waals surface area contributed by atoms with Crippen LogP contribution in [0.25, 0.3) is 0 Å². The van der Waals surface area contributed by atoms with Gasteiger partial charge < -0.3 is 19.5 Å². The molecule has 27 heavy (non-hydrogen) atoms. The molecule has 1 amide bonds. The second-order valence-electron chi connectivity index (χ2n) is 6.98. The molecule has 150 valence electrons. The molecule has 1 N–H and O–H groups in total. The normalized spacial score (nSPS) is 23.9. The summed E-state index contributed by atoms with van der Waals surface area (Å²) in [6.45, 7) is -0.249. The van der Waals surface area contributed by atoms with E-state index in [0.717, 1.165) is 25.7 Å². The first-order valence-corrected chi connectivity index (χ1v) is 9.18. The van der Waals surface area contributed by atoms with E-state index in [1.54, 1.807) is 12.1 Å². The van der Waals surface area contributed by atoms with Crippen LogP contribution >= 0.6 is 0 Å². The first-order chi connectivity index (χ1) is 12.9.